The van der Waals surface area contributed by atoms with Crippen LogP contribution in [0.1, 0.15) is 187 Å². The van der Waals surface area contributed by atoms with Crippen LogP contribution < -0.4 is 16.0 Å². The molecule has 24 nitrogen and oxygen atoms in total. The Morgan fingerprint density at radius 1 is 0.641 bits per heavy atom. The number of carbonyl (C=O) groups excluding carboxylic acids is 12. The molecule has 6 aliphatic rings. The van der Waals surface area contributed by atoms with Crippen LogP contribution in [-0.4, -0.2) is 257 Å². The lowest BCUT2D eigenvalue weighted by Crippen LogP contribution is -2.65. The highest BCUT2D eigenvalue weighted by molar-refractivity contribution is 6.31. The molecule has 103 heavy (non-hydrogen) atoms. The lowest BCUT2D eigenvalue weighted by atomic mass is 9.81. The van der Waals surface area contributed by atoms with Gasteiger partial charge in [-0.15, -0.1) is 0 Å². The van der Waals surface area contributed by atoms with Crippen LogP contribution >= 0.6 is 11.6 Å². The molecule has 1 unspecified atom stereocenters. The fourth-order valence-electron chi connectivity index (χ4n) is 15.8. The molecule has 3 saturated carbocycles. The number of likely N-dealkylation sites (N-methyl/N-ethyl adjacent to an activating group) is 7. The van der Waals surface area contributed by atoms with Gasteiger partial charge in [0.2, 0.25) is 70.9 Å². The van der Waals surface area contributed by atoms with Crippen molar-refractivity contribution in [2.75, 3.05) is 88.6 Å². The highest BCUT2D eigenvalue weighted by Crippen LogP contribution is 2.40. The van der Waals surface area contributed by atoms with Crippen LogP contribution in [0.25, 0.3) is 0 Å². The predicted molar refractivity (Wildman–Crippen MR) is 374 cm³/mol. The molecule has 576 valence electrons. The van der Waals surface area contributed by atoms with Crippen molar-refractivity contribution in [3.8, 4) is 0 Å². The van der Waals surface area contributed by atoms with Crippen molar-refractivity contribution in [1.82, 2.24) is 60.0 Å². The van der Waals surface area contributed by atoms with Gasteiger partial charge in [-0.3, -0.25) is 57.5 Å². The van der Waals surface area contributed by atoms with Crippen molar-refractivity contribution in [1.29, 1.82) is 0 Å². The van der Waals surface area contributed by atoms with E-state index in [0.29, 0.717) is 75.8 Å². The van der Waals surface area contributed by atoms with E-state index in [-0.39, 0.29) is 49.5 Å². The monoisotopic (exact) mass is 1480 g/mol. The molecular formula is C73H110ClF5N12O12. The maximum absolute atomic E-state index is 16.2. The molecule has 1 spiro atoms. The molecule has 8 atom stereocenters. The maximum atomic E-state index is 16.2. The largest absolute Gasteiger partial charge is 0.417 e. The van der Waals surface area contributed by atoms with E-state index in [1.54, 1.807) is 11.8 Å². The van der Waals surface area contributed by atoms with E-state index in [4.69, 9.17) is 11.6 Å². The van der Waals surface area contributed by atoms with Gasteiger partial charge in [0.25, 0.3) is 5.92 Å². The van der Waals surface area contributed by atoms with Gasteiger partial charge in [-0.1, -0.05) is 116 Å². The number of rotatable bonds is 11. The number of hydrogen-bond donors (Lipinski definition) is 3. The molecule has 1 aromatic rings. The zero-order valence-corrected chi connectivity index (χ0v) is 62.7. The normalized spacial score (nSPS) is 27.0. The summed E-state index contributed by atoms with van der Waals surface area (Å²) in [5.74, 6) is -14.5. The predicted octanol–water partition coefficient (Wildman–Crippen LogP) is 6.67. The summed E-state index contributed by atoms with van der Waals surface area (Å²) in [5.41, 5.74) is -2.84. The van der Waals surface area contributed by atoms with Crippen LogP contribution in [-0.2, 0) is 70.1 Å². The Labute approximate surface area is 607 Å². The number of amides is 12. The van der Waals surface area contributed by atoms with Gasteiger partial charge in [0.05, 0.1) is 43.2 Å². The average Bonchev–Trinajstić information content (AvgIpc) is 1.71. The van der Waals surface area contributed by atoms with Gasteiger partial charge < -0.3 is 60.0 Å². The van der Waals surface area contributed by atoms with Gasteiger partial charge in [0, 0.05) is 68.8 Å². The van der Waals surface area contributed by atoms with E-state index in [1.165, 1.54) is 68.9 Å². The minimum atomic E-state index is -4.84. The molecule has 0 bridgehead atoms. The molecule has 3 aliphatic carbocycles. The lowest BCUT2D eigenvalue weighted by Gasteiger charge is -2.43. The number of halogens is 6. The van der Waals surface area contributed by atoms with E-state index in [1.807, 2.05) is 20.8 Å². The van der Waals surface area contributed by atoms with Crippen molar-refractivity contribution in [2.45, 2.75) is 242 Å². The Balaban J connectivity index is 1.31. The van der Waals surface area contributed by atoms with Crippen LogP contribution in [0.4, 0.5) is 22.0 Å². The second-order valence-electron chi connectivity index (χ2n) is 30.5. The molecule has 1 aromatic carbocycles. The van der Waals surface area contributed by atoms with Gasteiger partial charge in [-0.25, -0.2) is 8.78 Å². The Kier molecular flexibility index (Phi) is 29.2. The molecule has 3 N–H and O–H groups in total. The molecule has 3 saturated heterocycles. The standard InChI is InChI=1S/C73H110ClF5N12O12/c1-12-46(4)61-68(101)85(7)42-59(94)83(5)43-60(95)87(9)54(38-47-24-16-13-17-25-47)66(99)84(6)41-57(92)80-52(31-29-48-28-30-50(51(74)37-48)73(77,78)79)65(98)91-44-72(75,76)40-56(91)64(97)82-71(32-20-21-33-71)70(103)89(11)62(49-26-18-14-19-27-49)69(102)88(10)55(67(100)90-34-22-15-23-35-90)39-58(93)86(8)53(36-45(2)3)63(96)81-61/h28,30,37,45-47,49,52-56,61-62H,12-27,29,31-36,38-44H2,1-11H3,(H,80,92)(H,81,96)(H,82,97)/t46-,52-,53-,54-,55-,56?,61-,62-/m0/s1. The number of carbonyl (C=O) groups is 12. The van der Waals surface area contributed by atoms with Crippen LogP contribution in [0.15, 0.2) is 18.2 Å². The molecule has 0 radical (unpaired) electrons. The van der Waals surface area contributed by atoms with E-state index in [2.05, 4.69) is 16.0 Å². The SMILES string of the molecule is CC[C@H](C)[C@@H]1NC(=O)[C@H](CC(C)C)N(C)C(=O)C[C@@H](C(=O)N2CCCCC2)N(C)C(=O)[C@H](C2CCCCC2)N(C)C(=O)C2(CCCC2)NC(=O)C2CC(F)(F)CN2C(=O)[C@H](CCc2ccc(C(F)(F)F)c(Cl)c2)NC(=O)CN(C)C(=O)[C@H](CC2CCCCC2)N(C)C(=O)CN(C)C(=O)CN(C)C1=O. The summed E-state index contributed by atoms with van der Waals surface area (Å²) in [7, 11) is 9.58. The van der Waals surface area contributed by atoms with Crippen LogP contribution in [0.3, 0.4) is 0 Å². The number of benzene rings is 1. The average molecular weight is 1480 g/mol. The third-order valence-corrected chi connectivity index (χ3v) is 22.7. The molecule has 3 heterocycles. The third-order valence-electron chi connectivity index (χ3n) is 22.4. The minimum Gasteiger partial charge on any atom is -0.343 e. The number of nitrogens with one attached hydrogen (secondary N) is 3. The number of piperidine rings is 1. The summed E-state index contributed by atoms with van der Waals surface area (Å²) >= 11 is 6.11. The Morgan fingerprint density at radius 2 is 1.22 bits per heavy atom. The first-order valence-corrected chi connectivity index (χ1v) is 37.3. The quantitative estimate of drug-likeness (QED) is 0.196. The number of aryl methyl sites for hydroxylation is 1. The van der Waals surface area contributed by atoms with E-state index < -0.39 is 199 Å². The molecule has 3 aliphatic heterocycles. The van der Waals surface area contributed by atoms with Crippen molar-refractivity contribution < 1.29 is 79.5 Å². The topological polar surface area (TPSA) is 270 Å². The Hall–Kier alpha value is -7.20. The van der Waals surface area contributed by atoms with E-state index >= 15 is 37.5 Å². The van der Waals surface area contributed by atoms with Gasteiger partial charge >= 0.3 is 6.18 Å². The lowest BCUT2D eigenvalue weighted by molar-refractivity contribution is -0.157. The van der Waals surface area contributed by atoms with Crippen molar-refractivity contribution in [3.05, 3.63) is 34.3 Å². The van der Waals surface area contributed by atoms with Crippen molar-refractivity contribution in [2.24, 2.45) is 23.7 Å². The second kappa shape index (κ2) is 36.2. The number of fused-ring (bicyclic) bond motifs is 1. The number of likely N-dealkylation sites (tertiary alicyclic amines) is 1. The zero-order valence-electron chi connectivity index (χ0n) is 62.0. The molecule has 12 amide bonds. The Morgan fingerprint density at radius 3 is 1.82 bits per heavy atom. The highest BCUT2D eigenvalue weighted by atomic mass is 35.5. The summed E-state index contributed by atoms with van der Waals surface area (Å²) < 4.78 is 74.0. The number of nitrogens with zero attached hydrogens (tertiary/aromatic N) is 9. The fraction of sp³-hybridized carbons (Fsp3) is 0.753. The number of alkyl halides is 5. The van der Waals surface area contributed by atoms with E-state index in [9.17, 15) is 41.9 Å². The van der Waals surface area contributed by atoms with Gasteiger partial charge in [-0.05, 0) is 112 Å². The van der Waals surface area contributed by atoms with Crippen molar-refractivity contribution in [3.63, 3.8) is 0 Å². The smallest absolute Gasteiger partial charge is 0.343 e. The first-order chi connectivity index (χ1) is 48.4. The minimum absolute atomic E-state index is 0.0197. The molecule has 7 rings (SSSR count). The maximum Gasteiger partial charge on any atom is 0.417 e. The van der Waals surface area contributed by atoms with Gasteiger partial charge in [0.1, 0.15) is 47.8 Å². The first-order valence-electron chi connectivity index (χ1n) is 36.9. The first kappa shape index (κ1) is 83.1. The third kappa shape index (κ3) is 21.1. The summed E-state index contributed by atoms with van der Waals surface area (Å²) in [5, 5.41) is 7.55. The molecule has 0 aromatic heterocycles. The summed E-state index contributed by atoms with van der Waals surface area (Å²) in [6, 6.07) is -7.38. The molecule has 6 fully saturated rings. The Bertz CT molecular complexity index is 3230. The summed E-state index contributed by atoms with van der Waals surface area (Å²) in [4.78, 5) is 190. The van der Waals surface area contributed by atoms with Gasteiger partial charge in [-0.2, -0.15) is 13.2 Å². The van der Waals surface area contributed by atoms with Gasteiger partial charge in [0.15, 0.2) is 0 Å². The number of hydrogen-bond acceptors (Lipinski definition) is 12. The van der Waals surface area contributed by atoms with E-state index in [0.717, 1.165) is 77.8 Å². The molecule has 30 heteroatoms. The highest BCUT2D eigenvalue weighted by Gasteiger charge is 2.55. The molecular weight excluding hydrogens is 1370 g/mol. The summed E-state index contributed by atoms with van der Waals surface area (Å²) in [6.07, 6.45) is 3.19. The zero-order chi connectivity index (χ0) is 76.2. The van der Waals surface area contributed by atoms with Crippen LogP contribution in [0, 0.1) is 23.7 Å². The second-order valence-corrected chi connectivity index (χ2v) is 30.9. The van der Waals surface area contributed by atoms with Crippen LogP contribution in [0.2, 0.25) is 5.02 Å². The van der Waals surface area contributed by atoms with Crippen LogP contribution in [0.5, 0.6) is 0 Å². The fourth-order valence-corrected chi connectivity index (χ4v) is 16.1. The van der Waals surface area contributed by atoms with Crippen molar-refractivity contribution >= 4 is 82.5 Å². The summed E-state index contributed by atoms with van der Waals surface area (Å²) in [6.45, 7) is 4.63.